The molecule has 0 fully saturated rings. The van der Waals surface area contributed by atoms with Crippen molar-refractivity contribution < 1.29 is 0 Å². The van der Waals surface area contributed by atoms with E-state index in [2.05, 4.69) is 41.3 Å². The summed E-state index contributed by atoms with van der Waals surface area (Å²) in [4.78, 5) is 2.46. The predicted octanol–water partition coefficient (Wildman–Crippen LogP) is 3.22. The van der Waals surface area contributed by atoms with E-state index in [1.54, 1.807) is 0 Å². The molecule has 0 radical (unpaired) electrons. The molecule has 2 nitrogen and oxygen atoms in total. The fourth-order valence-electron chi connectivity index (χ4n) is 2.62. The van der Waals surface area contributed by atoms with Crippen molar-refractivity contribution >= 4 is 11.4 Å². The Morgan fingerprint density at radius 3 is 2.61 bits per heavy atom. The Balaban J connectivity index is 1.84. The van der Waals surface area contributed by atoms with Crippen molar-refractivity contribution in [1.82, 2.24) is 0 Å². The quantitative estimate of drug-likeness (QED) is 0.814. The molecule has 0 unspecified atom stereocenters. The van der Waals surface area contributed by atoms with Crippen molar-refractivity contribution in [3.8, 4) is 0 Å². The van der Waals surface area contributed by atoms with Gasteiger partial charge in [0.1, 0.15) is 0 Å². The van der Waals surface area contributed by atoms with Crippen LogP contribution in [0.2, 0.25) is 0 Å². The molecule has 0 aromatic heterocycles. The van der Waals surface area contributed by atoms with Crippen molar-refractivity contribution in [3.63, 3.8) is 0 Å². The smallest absolute Gasteiger partial charge is 0.0429 e. The first-order valence-electron chi connectivity index (χ1n) is 6.50. The molecule has 0 aliphatic carbocycles. The molecular weight excluding hydrogens is 220 g/mol. The molecule has 2 N–H and O–H groups in total. The first kappa shape index (κ1) is 11.1. The van der Waals surface area contributed by atoms with E-state index in [-0.39, 0.29) is 0 Å². The molecule has 2 aromatic carbocycles. The zero-order chi connectivity index (χ0) is 12.4. The summed E-state index contributed by atoms with van der Waals surface area (Å²) in [6, 6.07) is 16.9. The van der Waals surface area contributed by atoms with Crippen LogP contribution in [-0.2, 0) is 13.0 Å². The summed E-state index contributed by atoms with van der Waals surface area (Å²) in [6.45, 7) is 2.11. The van der Waals surface area contributed by atoms with E-state index >= 15 is 0 Å². The van der Waals surface area contributed by atoms with Gasteiger partial charge in [-0.3, -0.25) is 0 Å². The fourth-order valence-corrected chi connectivity index (χ4v) is 2.62. The number of anilines is 2. The Morgan fingerprint density at radius 1 is 1.00 bits per heavy atom. The lowest BCUT2D eigenvalue weighted by Crippen LogP contribution is -2.28. The average molecular weight is 238 g/mol. The zero-order valence-electron chi connectivity index (χ0n) is 10.5. The van der Waals surface area contributed by atoms with Crippen LogP contribution in [-0.4, -0.2) is 6.54 Å². The monoisotopic (exact) mass is 238 g/mol. The second-order valence-electron chi connectivity index (χ2n) is 4.90. The van der Waals surface area contributed by atoms with E-state index in [1.165, 1.54) is 29.7 Å². The van der Waals surface area contributed by atoms with Crippen molar-refractivity contribution in [2.45, 2.75) is 19.4 Å². The molecule has 3 rings (SSSR count). The number of hydrogen-bond donors (Lipinski definition) is 1. The van der Waals surface area contributed by atoms with Gasteiger partial charge in [-0.05, 0) is 42.2 Å². The van der Waals surface area contributed by atoms with Crippen molar-refractivity contribution in [2.24, 2.45) is 0 Å². The van der Waals surface area contributed by atoms with E-state index in [4.69, 9.17) is 5.73 Å². The van der Waals surface area contributed by atoms with Gasteiger partial charge in [0.25, 0.3) is 0 Å². The number of benzene rings is 2. The number of aryl methyl sites for hydroxylation is 1. The van der Waals surface area contributed by atoms with Gasteiger partial charge in [0.05, 0.1) is 0 Å². The second kappa shape index (κ2) is 4.73. The largest absolute Gasteiger partial charge is 0.399 e. The van der Waals surface area contributed by atoms with Crippen LogP contribution in [0.4, 0.5) is 11.4 Å². The van der Waals surface area contributed by atoms with Crippen LogP contribution in [0.15, 0.2) is 48.5 Å². The van der Waals surface area contributed by atoms with Gasteiger partial charge in [0.2, 0.25) is 0 Å². The van der Waals surface area contributed by atoms with Crippen molar-refractivity contribution in [3.05, 3.63) is 59.7 Å². The van der Waals surface area contributed by atoms with Gasteiger partial charge in [-0.25, -0.2) is 0 Å². The highest BCUT2D eigenvalue weighted by Gasteiger charge is 2.15. The topological polar surface area (TPSA) is 29.3 Å². The van der Waals surface area contributed by atoms with Crippen LogP contribution >= 0.6 is 0 Å². The van der Waals surface area contributed by atoms with E-state index in [1.807, 2.05) is 12.1 Å². The minimum absolute atomic E-state index is 0.831. The highest BCUT2D eigenvalue weighted by molar-refractivity contribution is 5.56. The summed E-state index contributed by atoms with van der Waals surface area (Å²) >= 11 is 0. The van der Waals surface area contributed by atoms with Gasteiger partial charge in [0, 0.05) is 24.5 Å². The van der Waals surface area contributed by atoms with Crippen molar-refractivity contribution in [1.29, 1.82) is 0 Å². The van der Waals surface area contributed by atoms with Crippen LogP contribution in [0.5, 0.6) is 0 Å². The molecule has 92 valence electrons. The summed E-state index contributed by atoms with van der Waals surface area (Å²) in [6.07, 6.45) is 2.44. The maximum Gasteiger partial charge on any atom is 0.0429 e. The van der Waals surface area contributed by atoms with Crippen LogP contribution in [0, 0.1) is 0 Å². The highest BCUT2D eigenvalue weighted by atomic mass is 15.1. The average Bonchev–Trinajstić information content (AvgIpc) is 2.42. The number of rotatable bonds is 2. The SMILES string of the molecule is Nc1ccc(CN2CCCc3ccccc32)cc1. The predicted molar refractivity (Wildman–Crippen MR) is 76.7 cm³/mol. The van der Waals surface area contributed by atoms with Gasteiger partial charge in [0.15, 0.2) is 0 Å². The lowest BCUT2D eigenvalue weighted by molar-refractivity contribution is 0.691. The summed E-state index contributed by atoms with van der Waals surface area (Å²) in [7, 11) is 0. The Morgan fingerprint density at radius 2 is 1.78 bits per heavy atom. The molecule has 2 heteroatoms. The molecule has 0 spiro atoms. The summed E-state index contributed by atoms with van der Waals surface area (Å²) in [5.41, 5.74) is 10.7. The second-order valence-corrected chi connectivity index (χ2v) is 4.90. The van der Waals surface area contributed by atoms with Gasteiger partial charge >= 0.3 is 0 Å². The third kappa shape index (κ3) is 2.19. The van der Waals surface area contributed by atoms with Gasteiger partial charge in [-0.2, -0.15) is 0 Å². The van der Waals surface area contributed by atoms with Crippen molar-refractivity contribution in [2.75, 3.05) is 17.2 Å². The van der Waals surface area contributed by atoms with Crippen LogP contribution in [0.3, 0.4) is 0 Å². The van der Waals surface area contributed by atoms with Gasteiger partial charge < -0.3 is 10.6 Å². The Labute approximate surface area is 108 Å². The Kier molecular flexibility index (Phi) is 2.93. The standard InChI is InChI=1S/C16H18N2/c17-15-9-7-13(8-10-15)12-18-11-3-5-14-4-1-2-6-16(14)18/h1-2,4,6-10H,3,5,11-12,17H2. The zero-order valence-corrected chi connectivity index (χ0v) is 10.5. The molecule has 0 atom stereocenters. The number of nitrogen functional groups attached to an aromatic ring is 1. The molecule has 1 heterocycles. The van der Waals surface area contributed by atoms with E-state index in [0.29, 0.717) is 0 Å². The lowest BCUT2D eigenvalue weighted by atomic mass is 10.0. The lowest BCUT2D eigenvalue weighted by Gasteiger charge is -2.31. The number of fused-ring (bicyclic) bond motifs is 1. The molecule has 0 saturated carbocycles. The normalized spacial score (nSPS) is 14.3. The van der Waals surface area contributed by atoms with E-state index < -0.39 is 0 Å². The van der Waals surface area contributed by atoms with Crippen LogP contribution in [0.1, 0.15) is 17.5 Å². The number of nitrogens with two attached hydrogens (primary N) is 1. The Hall–Kier alpha value is -1.96. The van der Waals surface area contributed by atoms with E-state index in [0.717, 1.165) is 18.8 Å². The van der Waals surface area contributed by atoms with Gasteiger partial charge in [-0.15, -0.1) is 0 Å². The molecule has 0 amide bonds. The molecule has 0 bridgehead atoms. The fraction of sp³-hybridized carbons (Fsp3) is 0.250. The minimum Gasteiger partial charge on any atom is -0.399 e. The molecule has 18 heavy (non-hydrogen) atoms. The van der Waals surface area contributed by atoms with Crippen LogP contribution < -0.4 is 10.6 Å². The number of para-hydroxylation sites is 1. The molecule has 1 aliphatic heterocycles. The summed E-state index contributed by atoms with van der Waals surface area (Å²) < 4.78 is 0. The summed E-state index contributed by atoms with van der Waals surface area (Å²) in [5.74, 6) is 0. The summed E-state index contributed by atoms with van der Waals surface area (Å²) in [5, 5.41) is 0. The molecule has 1 aliphatic rings. The van der Waals surface area contributed by atoms with Gasteiger partial charge in [-0.1, -0.05) is 30.3 Å². The first-order chi connectivity index (χ1) is 8.83. The molecular formula is C16H18N2. The van der Waals surface area contributed by atoms with E-state index in [9.17, 15) is 0 Å². The third-order valence-electron chi connectivity index (χ3n) is 3.56. The number of nitrogens with zero attached hydrogens (tertiary/aromatic N) is 1. The maximum absolute atomic E-state index is 5.72. The molecule has 2 aromatic rings. The number of hydrogen-bond acceptors (Lipinski definition) is 2. The Bertz CT molecular complexity index is 531. The minimum atomic E-state index is 0.831. The van der Waals surface area contributed by atoms with Crippen LogP contribution in [0.25, 0.3) is 0 Å². The highest BCUT2D eigenvalue weighted by Crippen LogP contribution is 2.28. The third-order valence-corrected chi connectivity index (χ3v) is 3.56. The maximum atomic E-state index is 5.72. The molecule has 0 saturated heterocycles. The first-order valence-corrected chi connectivity index (χ1v) is 6.50.